The van der Waals surface area contributed by atoms with Gasteiger partial charge in [-0.25, -0.2) is 14.4 Å². The molecule has 0 spiro atoms. The van der Waals surface area contributed by atoms with Crippen LogP contribution in [-0.2, 0) is 0 Å². The zero-order valence-electron chi connectivity index (χ0n) is 13.5. The molecule has 0 fully saturated rings. The van der Waals surface area contributed by atoms with Crippen LogP contribution in [0.1, 0.15) is 5.69 Å². The number of nitrogen functional groups attached to an aromatic ring is 1. The Hall–Kier alpha value is -3.21. The largest absolute Gasteiger partial charge is 0.381 e. The third-order valence-corrected chi connectivity index (χ3v) is 4.60. The number of fused-ring (bicyclic) bond motifs is 1. The summed E-state index contributed by atoms with van der Waals surface area (Å²) in [4.78, 5) is 8.64. The quantitative estimate of drug-likeness (QED) is 0.513. The number of hydrogen-bond acceptors (Lipinski definition) is 5. The molecule has 0 radical (unpaired) electrons. The normalized spacial score (nSPS) is 10.9. The van der Waals surface area contributed by atoms with Crippen molar-refractivity contribution in [3.63, 3.8) is 0 Å². The molecule has 2 aromatic heterocycles. The highest BCUT2D eigenvalue weighted by Crippen LogP contribution is 2.37. The lowest BCUT2D eigenvalue weighted by molar-refractivity contribution is 0.628. The van der Waals surface area contributed by atoms with E-state index in [0.717, 1.165) is 5.39 Å². The van der Waals surface area contributed by atoms with E-state index in [1.165, 1.54) is 18.2 Å². The van der Waals surface area contributed by atoms with Gasteiger partial charge in [0.05, 0.1) is 27.5 Å². The summed E-state index contributed by atoms with van der Waals surface area (Å²) in [5.41, 5.74) is 8.17. The molecule has 27 heavy (non-hydrogen) atoms. The lowest BCUT2D eigenvalue weighted by atomic mass is 10.0. The molecule has 6 nitrogen and oxygen atoms in total. The summed E-state index contributed by atoms with van der Waals surface area (Å²) in [5, 5.41) is 17.4. The van der Waals surface area contributed by atoms with Gasteiger partial charge in [-0.3, -0.25) is 5.10 Å². The number of nitrogens with zero attached hydrogens (tertiary/aromatic N) is 4. The molecule has 9 heteroatoms. The van der Waals surface area contributed by atoms with Crippen LogP contribution < -0.4 is 5.73 Å². The van der Waals surface area contributed by atoms with E-state index in [1.54, 1.807) is 18.3 Å². The lowest BCUT2D eigenvalue weighted by Crippen LogP contribution is -2.03. The van der Waals surface area contributed by atoms with Crippen LogP contribution in [0.3, 0.4) is 0 Å². The van der Waals surface area contributed by atoms with Gasteiger partial charge in [-0.2, -0.15) is 10.4 Å². The van der Waals surface area contributed by atoms with E-state index in [4.69, 9.17) is 28.9 Å². The SMILES string of the molecule is N#Cc1nc(-c2cc(Cl)c3[nH]ncc3c2)c(-c2ccc(F)cc2Cl)nc1N. The first-order valence-electron chi connectivity index (χ1n) is 7.64. The molecule has 0 bridgehead atoms. The minimum atomic E-state index is -0.484. The highest BCUT2D eigenvalue weighted by Gasteiger charge is 2.19. The average Bonchev–Trinajstić information content (AvgIpc) is 3.11. The van der Waals surface area contributed by atoms with Crippen LogP contribution in [0.15, 0.2) is 36.5 Å². The fourth-order valence-electron chi connectivity index (χ4n) is 2.75. The molecule has 132 valence electrons. The number of rotatable bonds is 2. The number of aromatic amines is 1. The Morgan fingerprint density at radius 2 is 1.89 bits per heavy atom. The van der Waals surface area contributed by atoms with Crippen LogP contribution in [0.2, 0.25) is 10.0 Å². The van der Waals surface area contributed by atoms with Crippen LogP contribution in [0, 0.1) is 17.1 Å². The van der Waals surface area contributed by atoms with Gasteiger partial charge in [0.1, 0.15) is 17.6 Å². The van der Waals surface area contributed by atoms with E-state index in [0.29, 0.717) is 33.1 Å². The van der Waals surface area contributed by atoms with E-state index in [2.05, 4.69) is 20.2 Å². The Morgan fingerprint density at radius 3 is 2.63 bits per heavy atom. The molecule has 0 atom stereocenters. The number of nitriles is 1. The number of halogens is 3. The van der Waals surface area contributed by atoms with Crippen molar-refractivity contribution in [3.05, 3.63) is 58.1 Å². The molecule has 0 aliphatic rings. The first kappa shape index (κ1) is 17.2. The molecule has 4 aromatic rings. The third-order valence-electron chi connectivity index (χ3n) is 3.99. The molecule has 0 aliphatic carbocycles. The van der Waals surface area contributed by atoms with Crippen molar-refractivity contribution in [2.75, 3.05) is 5.73 Å². The molecule has 0 amide bonds. The second kappa shape index (κ2) is 6.50. The predicted molar refractivity (Wildman–Crippen MR) is 102 cm³/mol. The lowest BCUT2D eigenvalue weighted by Gasteiger charge is -2.12. The first-order chi connectivity index (χ1) is 13.0. The number of hydrogen-bond donors (Lipinski definition) is 2. The van der Waals surface area contributed by atoms with Gasteiger partial charge in [0.2, 0.25) is 0 Å². The Balaban J connectivity index is 2.04. The van der Waals surface area contributed by atoms with E-state index in [-0.39, 0.29) is 16.5 Å². The molecular formula is C18H9Cl2FN6. The molecule has 3 N–H and O–H groups in total. The average molecular weight is 399 g/mol. The standard InChI is InChI=1S/C18H9Cl2FN6/c19-12-5-10(21)1-2-11(12)17-16(25-14(6-22)18(23)26-17)8-3-9-7-24-27-15(9)13(20)4-8/h1-5,7H,(H2,23,26)(H,24,27). The van der Waals surface area contributed by atoms with Crippen molar-refractivity contribution in [3.8, 4) is 28.6 Å². The number of aromatic nitrogens is 4. The maximum atomic E-state index is 13.5. The molecular weight excluding hydrogens is 390 g/mol. The fourth-order valence-corrected chi connectivity index (χ4v) is 3.28. The van der Waals surface area contributed by atoms with Crippen molar-refractivity contribution in [2.24, 2.45) is 0 Å². The predicted octanol–water partition coefficient (Wildman–Crippen LogP) is 4.59. The second-order valence-electron chi connectivity index (χ2n) is 5.68. The van der Waals surface area contributed by atoms with Gasteiger partial charge < -0.3 is 5.73 Å². The van der Waals surface area contributed by atoms with Gasteiger partial charge >= 0.3 is 0 Å². The van der Waals surface area contributed by atoms with E-state index < -0.39 is 5.82 Å². The molecule has 0 saturated heterocycles. The van der Waals surface area contributed by atoms with Crippen LogP contribution in [0.25, 0.3) is 33.4 Å². The highest BCUT2D eigenvalue weighted by atomic mass is 35.5. The van der Waals surface area contributed by atoms with Crippen LogP contribution in [0.4, 0.5) is 10.2 Å². The number of nitrogens with two attached hydrogens (primary N) is 1. The van der Waals surface area contributed by atoms with E-state index in [9.17, 15) is 9.65 Å². The van der Waals surface area contributed by atoms with Crippen molar-refractivity contribution in [2.45, 2.75) is 0 Å². The summed E-state index contributed by atoms with van der Waals surface area (Å²) in [7, 11) is 0. The molecule has 0 unspecified atom stereocenters. The number of anilines is 1. The zero-order valence-corrected chi connectivity index (χ0v) is 15.0. The van der Waals surface area contributed by atoms with E-state index in [1.807, 2.05) is 6.07 Å². The number of H-pyrrole nitrogens is 1. The molecule has 0 saturated carbocycles. The minimum absolute atomic E-state index is 0.0320. The monoisotopic (exact) mass is 398 g/mol. The van der Waals surface area contributed by atoms with Crippen molar-refractivity contribution < 1.29 is 4.39 Å². The van der Waals surface area contributed by atoms with Gasteiger partial charge in [-0.1, -0.05) is 23.2 Å². The zero-order chi connectivity index (χ0) is 19.1. The summed E-state index contributed by atoms with van der Waals surface area (Å²) in [6.45, 7) is 0. The maximum absolute atomic E-state index is 13.5. The van der Waals surface area contributed by atoms with Gasteiger partial charge in [-0.05, 0) is 30.3 Å². The van der Waals surface area contributed by atoms with Crippen molar-refractivity contribution in [1.29, 1.82) is 5.26 Å². The maximum Gasteiger partial charge on any atom is 0.183 e. The first-order valence-corrected chi connectivity index (χ1v) is 8.39. The van der Waals surface area contributed by atoms with Gasteiger partial charge in [-0.15, -0.1) is 0 Å². The number of benzene rings is 2. The van der Waals surface area contributed by atoms with Gasteiger partial charge in [0.15, 0.2) is 11.5 Å². The molecule has 0 aliphatic heterocycles. The molecule has 2 aromatic carbocycles. The Kier molecular flexibility index (Phi) is 4.15. The van der Waals surface area contributed by atoms with Gasteiger partial charge in [0.25, 0.3) is 0 Å². The summed E-state index contributed by atoms with van der Waals surface area (Å²) in [6.07, 6.45) is 1.62. The smallest absolute Gasteiger partial charge is 0.183 e. The number of nitrogens with one attached hydrogen (secondary N) is 1. The van der Waals surface area contributed by atoms with Crippen LogP contribution in [0.5, 0.6) is 0 Å². The van der Waals surface area contributed by atoms with Gasteiger partial charge in [0, 0.05) is 16.5 Å². The molecule has 2 heterocycles. The summed E-state index contributed by atoms with van der Waals surface area (Å²) < 4.78 is 13.5. The second-order valence-corrected chi connectivity index (χ2v) is 6.50. The summed E-state index contributed by atoms with van der Waals surface area (Å²) in [6, 6.07) is 9.29. The van der Waals surface area contributed by atoms with Crippen molar-refractivity contribution in [1.82, 2.24) is 20.2 Å². The topological polar surface area (TPSA) is 104 Å². The minimum Gasteiger partial charge on any atom is -0.381 e. The van der Waals surface area contributed by atoms with E-state index >= 15 is 0 Å². The Labute approximate surface area is 162 Å². The molecule has 4 rings (SSSR count). The van der Waals surface area contributed by atoms with Crippen LogP contribution in [-0.4, -0.2) is 20.2 Å². The highest BCUT2D eigenvalue weighted by molar-refractivity contribution is 6.35. The third kappa shape index (κ3) is 2.95. The Bertz CT molecular complexity index is 1240. The summed E-state index contributed by atoms with van der Waals surface area (Å²) in [5.74, 6) is -0.533. The summed E-state index contributed by atoms with van der Waals surface area (Å²) >= 11 is 12.5. The van der Waals surface area contributed by atoms with Crippen molar-refractivity contribution >= 4 is 39.9 Å². The Morgan fingerprint density at radius 1 is 1.07 bits per heavy atom. The fraction of sp³-hybridized carbons (Fsp3) is 0. The van der Waals surface area contributed by atoms with Crippen LogP contribution >= 0.6 is 23.2 Å².